The predicted octanol–water partition coefficient (Wildman–Crippen LogP) is 2.00. The van der Waals surface area contributed by atoms with Crippen LogP contribution in [0.4, 0.5) is 33.5 Å². The van der Waals surface area contributed by atoms with Gasteiger partial charge >= 0.3 is 15.5 Å². The first-order valence-electron chi connectivity index (χ1n) is 10.6. The molecule has 17 heteroatoms. The van der Waals surface area contributed by atoms with Gasteiger partial charge in [-0.2, -0.15) is 31.7 Å². The molecule has 0 bridgehead atoms. The number of hydrogen-bond acceptors (Lipinski definition) is 8. The number of nitrogens with zero attached hydrogens (tertiary/aromatic N) is 6. The molecule has 0 unspecified atom stereocenters. The van der Waals surface area contributed by atoms with E-state index in [4.69, 9.17) is 5.73 Å². The van der Waals surface area contributed by atoms with Gasteiger partial charge in [-0.05, 0) is 24.1 Å². The van der Waals surface area contributed by atoms with Gasteiger partial charge in [0, 0.05) is 6.54 Å². The molecule has 0 atom stereocenters. The van der Waals surface area contributed by atoms with Gasteiger partial charge in [0.05, 0.1) is 30.7 Å². The van der Waals surface area contributed by atoms with E-state index < -0.39 is 39.6 Å². The van der Waals surface area contributed by atoms with Crippen molar-refractivity contribution >= 4 is 39.6 Å². The number of nitrogens with one attached hydrogen (secondary N) is 1. The highest BCUT2D eigenvalue weighted by Crippen LogP contribution is 2.28. The number of hydrazone groups is 1. The Labute approximate surface area is 206 Å². The van der Waals surface area contributed by atoms with Crippen molar-refractivity contribution in [1.29, 1.82) is 0 Å². The number of nitrogen functional groups attached to an aromatic ring is 1. The van der Waals surface area contributed by atoms with Crippen LogP contribution < -0.4 is 16.1 Å². The van der Waals surface area contributed by atoms with Crippen LogP contribution in [0.25, 0.3) is 5.78 Å². The van der Waals surface area contributed by atoms with E-state index in [0.717, 1.165) is 17.3 Å². The fourth-order valence-electron chi connectivity index (χ4n) is 3.56. The number of benzene rings is 1. The Morgan fingerprint density at radius 3 is 2.49 bits per heavy atom. The van der Waals surface area contributed by atoms with Crippen LogP contribution in [0.3, 0.4) is 0 Å². The zero-order valence-electron chi connectivity index (χ0n) is 19.0. The Hall–Kier alpha value is -4.02. The monoisotopic (exact) mass is 546 g/mol. The molecule has 1 aromatic carbocycles. The molecular formula is C20H19F5N8O3S. The second-order valence-electron chi connectivity index (χ2n) is 7.79. The quantitative estimate of drug-likeness (QED) is 0.451. The molecule has 0 radical (unpaired) electrons. The van der Waals surface area contributed by atoms with E-state index in [-0.39, 0.29) is 40.4 Å². The van der Waals surface area contributed by atoms with Crippen molar-refractivity contribution in [2.45, 2.75) is 25.4 Å². The van der Waals surface area contributed by atoms with E-state index in [1.54, 1.807) is 6.92 Å². The van der Waals surface area contributed by atoms with E-state index in [1.807, 2.05) is 0 Å². The molecule has 11 nitrogen and oxygen atoms in total. The van der Waals surface area contributed by atoms with E-state index in [9.17, 15) is 35.2 Å². The summed E-state index contributed by atoms with van der Waals surface area (Å²) < 4.78 is 90.9. The Bertz CT molecular complexity index is 1510. The lowest BCUT2D eigenvalue weighted by Gasteiger charge is -2.29. The van der Waals surface area contributed by atoms with Gasteiger partial charge in [-0.15, -0.1) is 0 Å². The number of aryl methyl sites for hydroxylation is 1. The maximum absolute atomic E-state index is 14.7. The van der Waals surface area contributed by atoms with Crippen LogP contribution in [-0.2, 0) is 23.0 Å². The first-order valence-corrected chi connectivity index (χ1v) is 12.1. The molecule has 0 spiro atoms. The second kappa shape index (κ2) is 9.45. The summed E-state index contributed by atoms with van der Waals surface area (Å²) in [4.78, 5) is 20.8. The number of halogens is 5. The van der Waals surface area contributed by atoms with Crippen LogP contribution in [0.15, 0.2) is 29.5 Å². The van der Waals surface area contributed by atoms with E-state index in [1.165, 1.54) is 16.5 Å². The number of hydrogen-bond donors (Lipinski definition) is 2. The Balaban J connectivity index is 1.48. The minimum absolute atomic E-state index is 0.0335. The number of imidazole rings is 1. The standard InChI is InChI=1S/C20H19F5N8O3S/c1-2-14-16(32-9-13(22)17(26)30-19(32)29-14)18(34)27-8-11-3-4-15(12(21)7-11)33-6-5-31(10-28-33)37(35,36)20(23,24)25/h3-4,7,9-10H,2,5-6,8H2,1H3,(H,27,34)(H2,26,29,30). The summed E-state index contributed by atoms with van der Waals surface area (Å²) in [5, 5.41) is 7.22. The molecule has 198 valence electrons. The molecule has 0 fully saturated rings. The summed E-state index contributed by atoms with van der Waals surface area (Å²) in [6.45, 7) is 0.691. The Morgan fingerprint density at radius 2 is 1.89 bits per heavy atom. The number of amides is 1. The van der Waals surface area contributed by atoms with Crippen LogP contribution >= 0.6 is 0 Å². The van der Waals surface area contributed by atoms with Crippen molar-refractivity contribution in [1.82, 2.24) is 24.0 Å². The minimum Gasteiger partial charge on any atom is -0.381 e. The van der Waals surface area contributed by atoms with Crippen molar-refractivity contribution in [3.05, 3.63) is 53.0 Å². The third-order valence-corrected chi connectivity index (χ3v) is 6.90. The number of anilines is 2. The van der Waals surface area contributed by atoms with Gasteiger partial charge in [-0.25, -0.2) is 18.1 Å². The molecule has 2 aromatic heterocycles. The van der Waals surface area contributed by atoms with E-state index >= 15 is 0 Å². The number of carbonyl (C=O) groups excluding carboxylic acids is 1. The van der Waals surface area contributed by atoms with Gasteiger partial charge in [0.25, 0.3) is 5.91 Å². The van der Waals surface area contributed by atoms with Gasteiger partial charge in [0.15, 0.2) is 11.6 Å². The van der Waals surface area contributed by atoms with Crippen LogP contribution in [0, 0.1) is 11.6 Å². The van der Waals surface area contributed by atoms with Gasteiger partial charge in [-0.3, -0.25) is 14.2 Å². The number of carbonyl (C=O) groups is 1. The summed E-state index contributed by atoms with van der Waals surface area (Å²) in [5.74, 6) is -2.58. The minimum atomic E-state index is -5.59. The predicted molar refractivity (Wildman–Crippen MR) is 122 cm³/mol. The number of fused-ring (bicyclic) bond motifs is 1. The van der Waals surface area contributed by atoms with E-state index in [0.29, 0.717) is 24.0 Å². The zero-order chi connectivity index (χ0) is 27.1. The third kappa shape index (κ3) is 4.85. The fraction of sp³-hybridized carbons (Fsp3) is 0.300. The number of rotatable bonds is 6. The number of nitrogens with two attached hydrogens (primary N) is 1. The summed E-state index contributed by atoms with van der Waals surface area (Å²) >= 11 is 0. The molecule has 1 amide bonds. The van der Waals surface area contributed by atoms with Crippen LogP contribution in [0.1, 0.15) is 28.7 Å². The van der Waals surface area contributed by atoms with Crippen LogP contribution in [-0.4, -0.2) is 57.9 Å². The lowest BCUT2D eigenvalue weighted by Crippen LogP contribution is -2.46. The van der Waals surface area contributed by atoms with Crippen molar-refractivity contribution < 1.29 is 35.2 Å². The van der Waals surface area contributed by atoms with Crippen LogP contribution in [0.5, 0.6) is 0 Å². The topological polar surface area (TPSA) is 138 Å². The first-order chi connectivity index (χ1) is 17.3. The van der Waals surface area contributed by atoms with Crippen molar-refractivity contribution in [2.75, 3.05) is 23.8 Å². The third-order valence-electron chi connectivity index (χ3n) is 5.42. The number of sulfonamides is 1. The molecule has 37 heavy (non-hydrogen) atoms. The first kappa shape index (κ1) is 26.1. The normalized spacial score (nSPS) is 14.4. The van der Waals surface area contributed by atoms with Crippen LogP contribution in [0.2, 0.25) is 0 Å². The second-order valence-corrected chi connectivity index (χ2v) is 9.67. The lowest BCUT2D eigenvalue weighted by atomic mass is 10.1. The van der Waals surface area contributed by atoms with E-state index in [2.05, 4.69) is 20.4 Å². The van der Waals surface area contributed by atoms with Crippen molar-refractivity contribution in [3.8, 4) is 0 Å². The lowest BCUT2D eigenvalue weighted by molar-refractivity contribution is -0.0471. The average Bonchev–Trinajstić information content (AvgIpc) is 3.19. The fourth-order valence-corrected chi connectivity index (χ4v) is 4.31. The highest BCUT2D eigenvalue weighted by molar-refractivity contribution is 7.90. The summed E-state index contributed by atoms with van der Waals surface area (Å²) in [5.41, 5.74) is 0.586. The number of alkyl halides is 3. The highest BCUT2D eigenvalue weighted by Gasteiger charge is 2.50. The van der Waals surface area contributed by atoms with Gasteiger partial charge in [-0.1, -0.05) is 13.0 Å². The number of aromatic nitrogens is 3. The maximum Gasteiger partial charge on any atom is 0.516 e. The largest absolute Gasteiger partial charge is 0.516 e. The average molecular weight is 546 g/mol. The smallest absolute Gasteiger partial charge is 0.381 e. The van der Waals surface area contributed by atoms with Gasteiger partial charge in [0.1, 0.15) is 17.8 Å². The summed E-state index contributed by atoms with van der Waals surface area (Å²) in [7, 11) is -5.59. The Kier molecular flexibility index (Phi) is 6.66. The van der Waals surface area contributed by atoms with Gasteiger partial charge in [0.2, 0.25) is 5.78 Å². The van der Waals surface area contributed by atoms with Crippen molar-refractivity contribution in [3.63, 3.8) is 0 Å². The molecule has 1 aliphatic heterocycles. The molecule has 3 aromatic rings. The molecule has 0 saturated carbocycles. The molecule has 1 aliphatic rings. The highest BCUT2D eigenvalue weighted by atomic mass is 32.2. The zero-order valence-corrected chi connectivity index (χ0v) is 19.8. The Morgan fingerprint density at radius 1 is 1.16 bits per heavy atom. The molecule has 0 saturated heterocycles. The molecule has 3 heterocycles. The molecule has 4 rings (SSSR count). The van der Waals surface area contributed by atoms with Gasteiger partial charge < -0.3 is 11.1 Å². The molecule has 0 aliphatic carbocycles. The molecule has 3 N–H and O–H groups in total. The molecular weight excluding hydrogens is 527 g/mol. The SMILES string of the molecule is CCc1nc2nc(N)c(F)cn2c1C(=O)NCc1ccc(N2CCN(S(=O)(=O)C(F)(F)F)C=N2)c(F)c1. The summed E-state index contributed by atoms with van der Waals surface area (Å²) in [6, 6.07) is 3.82. The maximum atomic E-state index is 14.7. The van der Waals surface area contributed by atoms with Crippen molar-refractivity contribution in [2.24, 2.45) is 5.10 Å². The summed E-state index contributed by atoms with van der Waals surface area (Å²) in [6.07, 6.45) is 1.80.